The number of aromatic nitrogens is 3. The van der Waals surface area contributed by atoms with Crippen LogP contribution in [0.15, 0.2) is 43.0 Å². The molecule has 0 radical (unpaired) electrons. The molecule has 0 saturated heterocycles. The summed E-state index contributed by atoms with van der Waals surface area (Å²) in [5.41, 5.74) is 2.09. The largest absolute Gasteiger partial charge is 0.389 e. The molecule has 0 spiro atoms. The SMILES string of the molecule is CC(O)c1cc(F)ccc1-c1ncc(F)cc1Cn1cnc(C#N)c1. The predicted molar refractivity (Wildman–Crippen MR) is 86.3 cm³/mol. The third kappa shape index (κ3) is 3.54. The van der Waals surface area contributed by atoms with Crippen LogP contribution in [0.4, 0.5) is 8.78 Å². The van der Waals surface area contributed by atoms with Gasteiger partial charge in [0.25, 0.3) is 0 Å². The van der Waals surface area contributed by atoms with Gasteiger partial charge in [-0.05, 0) is 36.8 Å². The lowest BCUT2D eigenvalue weighted by Crippen LogP contribution is -2.04. The molecule has 0 aliphatic rings. The number of nitriles is 1. The number of nitrogens with zero attached hydrogens (tertiary/aromatic N) is 4. The van der Waals surface area contributed by atoms with Gasteiger partial charge in [0.2, 0.25) is 0 Å². The second-order valence-corrected chi connectivity index (χ2v) is 5.61. The topological polar surface area (TPSA) is 74.7 Å². The van der Waals surface area contributed by atoms with Crippen LogP contribution in [0.25, 0.3) is 11.3 Å². The van der Waals surface area contributed by atoms with E-state index in [2.05, 4.69) is 9.97 Å². The van der Waals surface area contributed by atoms with Crippen LogP contribution in [-0.2, 0) is 6.54 Å². The lowest BCUT2D eigenvalue weighted by atomic mass is 9.97. The fraction of sp³-hybridized carbons (Fsp3) is 0.167. The maximum absolute atomic E-state index is 13.7. The number of imidazole rings is 1. The maximum atomic E-state index is 13.7. The van der Waals surface area contributed by atoms with E-state index in [0.717, 1.165) is 6.20 Å². The van der Waals surface area contributed by atoms with Crippen LogP contribution < -0.4 is 0 Å². The molecule has 5 nitrogen and oxygen atoms in total. The monoisotopic (exact) mass is 340 g/mol. The fourth-order valence-electron chi connectivity index (χ4n) is 2.64. The number of hydrogen-bond donors (Lipinski definition) is 1. The van der Waals surface area contributed by atoms with E-state index in [4.69, 9.17) is 5.26 Å². The molecule has 1 aromatic carbocycles. The van der Waals surface area contributed by atoms with E-state index in [1.54, 1.807) is 4.57 Å². The van der Waals surface area contributed by atoms with Gasteiger partial charge in [-0.3, -0.25) is 4.98 Å². The van der Waals surface area contributed by atoms with E-state index >= 15 is 0 Å². The normalized spacial score (nSPS) is 12.0. The first-order valence-corrected chi connectivity index (χ1v) is 7.52. The van der Waals surface area contributed by atoms with Crippen molar-refractivity contribution in [3.05, 3.63) is 71.4 Å². The number of hydrogen-bond acceptors (Lipinski definition) is 4. The summed E-state index contributed by atoms with van der Waals surface area (Å²) in [4.78, 5) is 8.05. The van der Waals surface area contributed by atoms with E-state index in [-0.39, 0.29) is 12.2 Å². The van der Waals surface area contributed by atoms with Crippen molar-refractivity contribution in [3.8, 4) is 17.3 Å². The van der Waals surface area contributed by atoms with Gasteiger partial charge in [0.1, 0.15) is 17.7 Å². The van der Waals surface area contributed by atoms with Crippen molar-refractivity contribution in [1.82, 2.24) is 14.5 Å². The van der Waals surface area contributed by atoms with E-state index in [1.807, 2.05) is 6.07 Å². The Morgan fingerprint density at radius 3 is 2.72 bits per heavy atom. The van der Waals surface area contributed by atoms with Gasteiger partial charge in [0, 0.05) is 17.3 Å². The molecule has 1 atom stereocenters. The van der Waals surface area contributed by atoms with Crippen LogP contribution in [0.1, 0.15) is 29.8 Å². The van der Waals surface area contributed by atoms with E-state index in [1.165, 1.54) is 43.7 Å². The molecule has 2 heterocycles. The molecule has 3 rings (SSSR count). The van der Waals surface area contributed by atoms with E-state index in [9.17, 15) is 13.9 Å². The van der Waals surface area contributed by atoms with Crippen LogP contribution in [0.3, 0.4) is 0 Å². The smallest absolute Gasteiger partial charge is 0.158 e. The molecular weight excluding hydrogens is 326 g/mol. The van der Waals surface area contributed by atoms with E-state index < -0.39 is 17.7 Å². The Hall–Kier alpha value is -3.11. The number of pyridine rings is 1. The first-order chi connectivity index (χ1) is 12.0. The molecule has 1 N–H and O–H groups in total. The molecule has 0 saturated carbocycles. The molecule has 126 valence electrons. The third-order valence-electron chi connectivity index (χ3n) is 3.75. The Kier molecular flexibility index (Phi) is 4.55. The molecule has 0 fully saturated rings. The molecule has 3 aromatic rings. The van der Waals surface area contributed by atoms with Crippen LogP contribution in [0.5, 0.6) is 0 Å². The zero-order chi connectivity index (χ0) is 18.0. The molecule has 0 amide bonds. The average molecular weight is 340 g/mol. The highest BCUT2D eigenvalue weighted by molar-refractivity contribution is 5.67. The Labute approximate surface area is 142 Å². The van der Waals surface area contributed by atoms with Crippen LogP contribution >= 0.6 is 0 Å². The third-order valence-corrected chi connectivity index (χ3v) is 3.75. The van der Waals surface area contributed by atoms with Gasteiger partial charge in [-0.2, -0.15) is 5.26 Å². The second kappa shape index (κ2) is 6.79. The summed E-state index contributed by atoms with van der Waals surface area (Å²) < 4.78 is 28.9. The average Bonchev–Trinajstić information content (AvgIpc) is 3.03. The summed E-state index contributed by atoms with van der Waals surface area (Å²) in [5, 5.41) is 18.8. The summed E-state index contributed by atoms with van der Waals surface area (Å²) in [6.45, 7) is 1.75. The van der Waals surface area contributed by atoms with E-state index in [0.29, 0.717) is 22.4 Å². The van der Waals surface area contributed by atoms with Crippen LogP contribution in [0, 0.1) is 23.0 Å². The predicted octanol–water partition coefficient (Wildman–Crippen LogP) is 3.20. The van der Waals surface area contributed by atoms with Crippen molar-refractivity contribution in [2.75, 3.05) is 0 Å². The molecule has 0 aliphatic carbocycles. The van der Waals surface area contributed by atoms with Gasteiger partial charge in [0.15, 0.2) is 5.69 Å². The number of aliphatic hydroxyl groups excluding tert-OH is 1. The van der Waals surface area contributed by atoms with Gasteiger partial charge in [0.05, 0.1) is 30.9 Å². The molecule has 2 aromatic heterocycles. The Morgan fingerprint density at radius 1 is 1.24 bits per heavy atom. The summed E-state index contributed by atoms with van der Waals surface area (Å²) in [5.74, 6) is -0.989. The summed E-state index contributed by atoms with van der Waals surface area (Å²) in [6.07, 6.45) is 3.16. The summed E-state index contributed by atoms with van der Waals surface area (Å²) in [7, 11) is 0. The number of halogens is 2. The molecule has 1 unspecified atom stereocenters. The number of benzene rings is 1. The Balaban J connectivity index is 2.10. The Morgan fingerprint density at radius 2 is 2.04 bits per heavy atom. The highest BCUT2D eigenvalue weighted by Gasteiger charge is 2.16. The summed E-state index contributed by atoms with van der Waals surface area (Å²) >= 11 is 0. The lowest BCUT2D eigenvalue weighted by Gasteiger charge is -2.15. The second-order valence-electron chi connectivity index (χ2n) is 5.61. The quantitative estimate of drug-likeness (QED) is 0.791. The van der Waals surface area contributed by atoms with Crippen molar-refractivity contribution in [2.24, 2.45) is 0 Å². The highest BCUT2D eigenvalue weighted by Crippen LogP contribution is 2.30. The molecular formula is C18H14F2N4O. The summed E-state index contributed by atoms with van der Waals surface area (Å²) in [6, 6.07) is 7.26. The molecule has 25 heavy (non-hydrogen) atoms. The van der Waals surface area contributed by atoms with Crippen molar-refractivity contribution < 1.29 is 13.9 Å². The number of aliphatic hydroxyl groups is 1. The van der Waals surface area contributed by atoms with Gasteiger partial charge >= 0.3 is 0 Å². The minimum Gasteiger partial charge on any atom is -0.389 e. The van der Waals surface area contributed by atoms with Crippen molar-refractivity contribution in [1.29, 1.82) is 5.26 Å². The zero-order valence-electron chi connectivity index (χ0n) is 13.3. The highest BCUT2D eigenvalue weighted by atomic mass is 19.1. The molecule has 0 aliphatic heterocycles. The first kappa shape index (κ1) is 16.7. The van der Waals surface area contributed by atoms with Gasteiger partial charge in [-0.15, -0.1) is 0 Å². The maximum Gasteiger partial charge on any atom is 0.158 e. The molecule has 0 bridgehead atoms. The van der Waals surface area contributed by atoms with Crippen LogP contribution in [-0.4, -0.2) is 19.6 Å². The molecule has 7 heteroatoms. The van der Waals surface area contributed by atoms with Gasteiger partial charge < -0.3 is 9.67 Å². The minimum atomic E-state index is -0.913. The first-order valence-electron chi connectivity index (χ1n) is 7.52. The van der Waals surface area contributed by atoms with Crippen molar-refractivity contribution in [2.45, 2.75) is 19.6 Å². The fourth-order valence-corrected chi connectivity index (χ4v) is 2.64. The van der Waals surface area contributed by atoms with Gasteiger partial charge in [-0.1, -0.05) is 0 Å². The van der Waals surface area contributed by atoms with Gasteiger partial charge in [-0.25, -0.2) is 13.8 Å². The Bertz CT molecular complexity index is 960. The standard InChI is InChI=1S/C18H14F2N4O/c1-11(25)17-5-13(19)2-3-16(17)18-12(4-14(20)7-22-18)8-24-9-15(6-21)23-10-24/h2-5,7,9-11,25H,8H2,1H3. The zero-order valence-corrected chi connectivity index (χ0v) is 13.3. The van der Waals surface area contributed by atoms with Crippen molar-refractivity contribution in [3.63, 3.8) is 0 Å². The van der Waals surface area contributed by atoms with Crippen LogP contribution in [0.2, 0.25) is 0 Å². The number of rotatable bonds is 4. The van der Waals surface area contributed by atoms with Crippen molar-refractivity contribution >= 4 is 0 Å². The lowest BCUT2D eigenvalue weighted by molar-refractivity contribution is 0.199. The minimum absolute atomic E-state index is 0.228.